The molecule has 3 aromatic rings. The number of benzene rings is 3. The number of carbonyl (C=O) groups is 2. The summed E-state index contributed by atoms with van der Waals surface area (Å²) in [4.78, 5) is 27.0. The molecule has 3 aromatic carbocycles. The van der Waals surface area contributed by atoms with Gasteiger partial charge in [0.1, 0.15) is 0 Å². The number of hydrogen-bond donors (Lipinski definition) is 2. The molecule has 29 heavy (non-hydrogen) atoms. The fourth-order valence-corrected chi connectivity index (χ4v) is 2.91. The maximum absolute atomic E-state index is 12.6. The summed E-state index contributed by atoms with van der Waals surface area (Å²) in [5.74, 6) is -0.438. The lowest BCUT2D eigenvalue weighted by molar-refractivity contribution is 0.0954. The molecule has 0 saturated heterocycles. The van der Waals surface area contributed by atoms with E-state index in [2.05, 4.69) is 10.6 Å². The van der Waals surface area contributed by atoms with Crippen molar-refractivity contribution in [2.75, 3.05) is 30.9 Å². The zero-order valence-electron chi connectivity index (χ0n) is 16.7. The number of amides is 2. The maximum atomic E-state index is 12.6. The van der Waals surface area contributed by atoms with Gasteiger partial charge in [0, 0.05) is 43.1 Å². The van der Waals surface area contributed by atoms with Crippen LogP contribution in [0.3, 0.4) is 0 Å². The fourth-order valence-electron chi connectivity index (χ4n) is 2.91. The van der Waals surface area contributed by atoms with Crippen LogP contribution in [0.25, 0.3) is 0 Å². The molecule has 0 aliphatic rings. The average molecular weight is 387 g/mol. The zero-order valence-corrected chi connectivity index (χ0v) is 16.7. The molecule has 2 amide bonds. The summed E-state index contributed by atoms with van der Waals surface area (Å²) in [6.45, 7) is 0.539. The van der Waals surface area contributed by atoms with Crippen LogP contribution in [0.2, 0.25) is 0 Å². The van der Waals surface area contributed by atoms with E-state index in [1.165, 1.54) is 5.56 Å². The van der Waals surface area contributed by atoms with E-state index in [0.717, 1.165) is 12.1 Å². The van der Waals surface area contributed by atoms with Crippen LogP contribution in [-0.4, -0.2) is 32.5 Å². The first kappa shape index (κ1) is 20.1. The molecule has 0 bridgehead atoms. The van der Waals surface area contributed by atoms with Gasteiger partial charge in [-0.25, -0.2) is 0 Å². The maximum Gasteiger partial charge on any atom is 0.255 e. The molecule has 0 saturated carbocycles. The van der Waals surface area contributed by atoms with Crippen molar-refractivity contribution >= 4 is 23.2 Å². The number of anilines is 2. The smallest absolute Gasteiger partial charge is 0.255 e. The minimum absolute atomic E-state index is 0.189. The Hall–Kier alpha value is -3.60. The number of hydrogen-bond acceptors (Lipinski definition) is 3. The van der Waals surface area contributed by atoms with Crippen LogP contribution in [0.4, 0.5) is 11.4 Å². The molecule has 5 heteroatoms. The van der Waals surface area contributed by atoms with Crippen LogP contribution in [0.5, 0.6) is 0 Å². The molecule has 0 aliphatic heterocycles. The second kappa shape index (κ2) is 9.55. The highest BCUT2D eigenvalue weighted by atomic mass is 16.2. The van der Waals surface area contributed by atoms with Crippen molar-refractivity contribution in [2.24, 2.45) is 0 Å². The molecule has 0 fully saturated rings. The summed E-state index contributed by atoms with van der Waals surface area (Å²) in [6, 6.07) is 24.3. The highest BCUT2D eigenvalue weighted by Crippen LogP contribution is 2.17. The molecule has 0 aliphatic carbocycles. The van der Waals surface area contributed by atoms with Gasteiger partial charge in [-0.3, -0.25) is 9.59 Å². The van der Waals surface area contributed by atoms with Gasteiger partial charge in [-0.1, -0.05) is 36.4 Å². The van der Waals surface area contributed by atoms with E-state index in [1.807, 2.05) is 73.6 Å². The molecular formula is C24H25N3O2. The molecule has 0 radical (unpaired) electrons. The van der Waals surface area contributed by atoms with Crippen LogP contribution in [0.15, 0.2) is 78.9 Å². The third kappa shape index (κ3) is 5.69. The third-order valence-electron chi connectivity index (χ3n) is 4.57. The van der Waals surface area contributed by atoms with Crippen LogP contribution in [0.1, 0.15) is 26.3 Å². The Balaban J connectivity index is 1.59. The van der Waals surface area contributed by atoms with Crippen molar-refractivity contribution in [1.29, 1.82) is 0 Å². The molecule has 2 N–H and O–H groups in total. The van der Waals surface area contributed by atoms with Gasteiger partial charge in [0.05, 0.1) is 0 Å². The van der Waals surface area contributed by atoms with Gasteiger partial charge in [-0.05, 0) is 54.4 Å². The van der Waals surface area contributed by atoms with Crippen molar-refractivity contribution in [3.8, 4) is 0 Å². The minimum Gasteiger partial charge on any atom is -0.378 e. The van der Waals surface area contributed by atoms with Crippen molar-refractivity contribution in [1.82, 2.24) is 5.32 Å². The Bertz CT molecular complexity index is 967. The van der Waals surface area contributed by atoms with E-state index in [4.69, 9.17) is 0 Å². The van der Waals surface area contributed by atoms with E-state index in [1.54, 1.807) is 24.3 Å². The highest BCUT2D eigenvalue weighted by molar-refractivity contribution is 6.06. The lowest BCUT2D eigenvalue weighted by Crippen LogP contribution is -2.26. The van der Waals surface area contributed by atoms with E-state index < -0.39 is 0 Å². The number of nitrogens with zero attached hydrogens (tertiary/aromatic N) is 1. The predicted octanol–water partition coefficient (Wildman–Crippen LogP) is 3.98. The van der Waals surface area contributed by atoms with Gasteiger partial charge in [-0.2, -0.15) is 0 Å². The molecule has 0 spiro atoms. The number of rotatable bonds is 7. The molecule has 0 atom stereocenters. The second-order valence-electron chi connectivity index (χ2n) is 6.97. The molecule has 3 rings (SSSR count). The average Bonchev–Trinajstić information content (AvgIpc) is 2.75. The molecule has 0 aromatic heterocycles. The van der Waals surface area contributed by atoms with Gasteiger partial charge >= 0.3 is 0 Å². The lowest BCUT2D eigenvalue weighted by atomic mass is 10.1. The molecule has 0 heterocycles. The Morgan fingerprint density at radius 2 is 1.45 bits per heavy atom. The Labute approximate surface area is 171 Å². The normalized spacial score (nSPS) is 10.3. The third-order valence-corrected chi connectivity index (χ3v) is 4.57. The van der Waals surface area contributed by atoms with E-state index in [0.29, 0.717) is 23.4 Å². The lowest BCUT2D eigenvalue weighted by Gasteiger charge is -2.13. The first-order valence-corrected chi connectivity index (χ1v) is 9.54. The van der Waals surface area contributed by atoms with Gasteiger partial charge in [-0.15, -0.1) is 0 Å². The van der Waals surface area contributed by atoms with E-state index >= 15 is 0 Å². The summed E-state index contributed by atoms with van der Waals surface area (Å²) in [5.41, 5.74) is 3.84. The second-order valence-corrected chi connectivity index (χ2v) is 6.97. The standard InChI is InChI=1S/C24H25N3O2/c1-27(2)22-13-11-21(12-14-22)26-24(29)20-10-6-9-19(17-20)23(28)25-16-15-18-7-4-3-5-8-18/h3-14,17H,15-16H2,1-2H3,(H,25,28)(H,26,29). The van der Waals surface area contributed by atoms with Gasteiger partial charge in [0.15, 0.2) is 0 Å². The van der Waals surface area contributed by atoms with Gasteiger partial charge < -0.3 is 15.5 Å². The number of carbonyl (C=O) groups excluding carboxylic acids is 2. The summed E-state index contributed by atoms with van der Waals surface area (Å²) in [7, 11) is 3.92. The van der Waals surface area contributed by atoms with Crippen LogP contribution in [0, 0.1) is 0 Å². The van der Waals surface area contributed by atoms with Crippen molar-refractivity contribution < 1.29 is 9.59 Å². The fraction of sp³-hybridized carbons (Fsp3) is 0.167. The quantitative estimate of drug-likeness (QED) is 0.645. The Morgan fingerprint density at radius 3 is 2.10 bits per heavy atom. The van der Waals surface area contributed by atoms with Gasteiger partial charge in [0.25, 0.3) is 11.8 Å². The first-order chi connectivity index (χ1) is 14.0. The molecule has 5 nitrogen and oxygen atoms in total. The van der Waals surface area contributed by atoms with E-state index in [9.17, 15) is 9.59 Å². The largest absolute Gasteiger partial charge is 0.378 e. The monoisotopic (exact) mass is 387 g/mol. The SMILES string of the molecule is CN(C)c1ccc(NC(=O)c2cccc(C(=O)NCCc3ccccc3)c2)cc1. The van der Waals surface area contributed by atoms with E-state index in [-0.39, 0.29) is 11.8 Å². The predicted molar refractivity (Wildman–Crippen MR) is 118 cm³/mol. The first-order valence-electron chi connectivity index (χ1n) is 9.54. The summed E-state index contributed by atoms with van der Waals surface area (Å²) >= 11 is 0. The molecule has 148 valence electrons. The van der Waals surface area contributed by atoms with Crippen molar-refractivity contribution in [3.05, 3.63) is 95.6 Å². The Morgan fingerprint density at radius 1 is 0.793 bits per heavy atom. The highest BCUT2D eigenvalue weighted by Gasteiger charge is 2.11. The topological polar surface area (TPSA) is 61.4 Å². The van der Waals surface area contributed by atoms with Crippen molar-refractivity contribution in [2.45, 2.75) is 6.42 Å². The Kier molecular flexibility index (Phi) is 6.63. The van der Waals surface area contributed by atoms with Gasteiger partial charge in [0.2, 0.25) is 0 Å². The molecule has 0 unspecified atom stereocenters. The number of nitrogens with one attached hydrogen (secondary N) is 2. The summed E-state index contributed by atoms with van der Waals surface area (Å²) in [5, 5.41) is 5.77. The van der Waals surface area contributed by atoms with Crippen LogP contribution in [-0.2, 0) is 6.42 Å². The molecular weight excluding hydrogens is 362 g/mol. The van der Waals surface area contributed by atoms with Crippen molar-refractivity contribution in [3.63, 3.8) is 0 Å². The summed E-state index contributed by atoms with van der Waals surface area (Å²) in [6.07, 6.45) is 0.760. The van der Waals surface area contributed by atoms with Crippen LogP contribution < -0.4 is 15.5 Å². The zero-order chi connectivity index (χ0) is 20.6. The minimum atomic E-state index is -0.249. The summed E-state index contributed by atoms with van der Waals surface area (Å²) < 4.78 is 0. The van der Waals surface area contributed by atoms with Crippen LogP contribution >= 0.6 is 0 Å².